The van der Waals surface area contributed by atoms with Gasteiger partial charge in [-0.1, -0.05) is 13.0 Å². The van der Waals surface area contributed by atoms with E-state index in [1.165, 1.54) is 0 Å². The van der Waals surface area contributed by atoms with E-state index in [9.17, 15) is 4.79 Å². The summed E-state index contributed by atoms with van der Waals surface area (Å²) in [6.07, 6.45) is 2.61. The Morgan fingerprint density at radius 1 is 1.50 bits per heavy atom. The van der Waals surface area contributed by atoms with Crippen LogP contribution in [0.15, 0.2) is 35.8 Å². The first-order valence-corrected chi connectivity index (χ1v) is 6.89. The zero-order valence-electron chi connectivity index (χ0n) is 10.5. The normalized spacial score (nSPS) is 12.1. The first kappa shape index (κ1) is 12.8. The maximum absolute atomic E-state index is 12.0. The van der Waals surface area contributed by atoms with Crippen molar-refractivity contribution in [3.05, 3.63) is 41.4 Å². The third kappa shape index (κ3) is 2.96. The smallest absolute Gasteiger partial charge is 0.251 e. The molecule has 0 saturated heterocycles. The average Bonchev–Trinajstić information content (AvgIpc) is 2.92. The summed E-state index contributed by atoms with van der Waals surface area (Å²) >= 11 is 1.62. The van der Waals surface area contributed by atoms with E-state index < -0.39 is 0 Å². The van der Waals surface area contributed by atoms with Crippen molar-refractivity contribution >= 4 is 17.2 Å². The molecule has 0 spiro atoms. The van der Waals surface area contributed by atoms with Crippen LogP contribution in [-0.4, -0.2) is 16.9 Å². The molecule has 0 saturated carbocycles. The lowest BCUT2D eigenvalue weighted by Gasteiger charge is -2.11. The number of rotatable bonds is 4. The van der Waals surface area contributed by atoms with Crippen molar-refractivity contribution in [1.82, 2.24) is 10.3 Å². The van der Waals surface area contributed by atoms with Crippen LogP contribution in [0.1, 0.15) is 30.6 Å². The molecule has 18 heavy (non-hydrogen) atoms. The molecule has 0 aliphatic rings. The number of amides is 1. The average molecular weight is 260 g/mol. The predicted octanol–water partition coefficient (Wildman–Crippen LogP) is 3.34. The van der Waals surface area contributed by atoms with Crippen LogP contribution in [-0.2, 0) is 0 Å². The fourth-order valence-corrected chi connectivity index (χ4v) is 2.23. The van der Waals surface area contributed by atoms with E-state index in [4.69, 9.17) is 0 Å². The molecule has 2 aromatic heterocycles. The first-order valence-electron chi connectivity index (χ1n) is 6.01. The molecular weight excluding hydrogens is 244 g/mol. The summed E-state index contributed by atoms with van der Waals surface area (Å²) in [5.41, 5.74) is 1.51. The third-order valence-electron chi connectivity index (χ3n) is 2.79. The molecule has 94 valence electrons. The number of carbonyl (C=O) groups excluding carboxylic acids is 1. The molecule has 1 atom stereocenters. The largest absolute Gasteiger partial charge is 0.350 e. The molecule has 2 heterocycles. The summed E-state index contributed by atoms with van der Waals surface area (Å²) in [4.78, 5) is 17.4. The number of aromatic nitrogens is 1. The highest BCUT2D eigenvalue weighted by molar-refractivity contribution is 7.13. The lowest BCUT2D eigenvalue weighted by molar-refractivity contribution is 0.0939. The topological polar surface area (TPSA) is 42.0 Å². The SMILES string of the molecule is CC[C@@H](C)NC(=O)c1ccnc(-c2cccs2)c1. The molecule has 4 heteroatoms. The number of hydrogen-bond acceptors (Lipinski definition) is 3. The monoisotopic (exact) mass is 260 g/mol. The second kappa shape index (κ2) is 5.78. The van der Waals surface area contributed by atoms with E-state index >= 15 is 0 Å². The highest BCUT2D eigenvalue weighted by Crippen LogP contribution is 2.22. The zero-order valence-corrected chi connectivity index (χ0v) is 11.3. The zero-order chi connectivity index (χ0) is 13.0. The van der Waals surface area contributed by atoms with E-state index in [-0.39, 0.29) is 11.9 Å². The quantitative estimate of drug-likeness (QED) is 0.916. The van der Waals surface area contributed by atoms with E-state index in [1.807, 2.05) is 30.5 Å². The van der Waals surface area contributed by atoms with Crippen LogP contribution < -0.4 is 5.32 Å². The molecule has 2 aromatic rings. The third-order valence-corrected chi connectivity index (χ3v) is 3.68. The number of thiophene rings is 1. The minimum absolute atomic E-state index is 0.0374. The Hall–Kier alpha value is -1.68. The highest BCUT2D eigenvalue weighted by atomic mass is 32.1. The molecule has 1 N–H and O–H groups in total. The van der Waals surface area contributed by atoms with Crippen LogP contribution in [0.3, 0.4) is 0 Å². The van der Waals surface area contributed by atoms with Gasteiger partial charge < -0.3 is 5.32 Å². The predicted molar refractivity (Wildman–Crippen MR) is 74.8 cm³/mol. The standard InChI is InChI=1S/C14H16N2OS/c1-3-10(2)16-14(17)11-6-7-15-12(9-11)13-5-4-8-18-13/h4-10H,3H2,1-2H3,(H,16,17)/t10-/m1/s1. The summed E-state index contributed by atoms with van der Waals surface area (Å²) in [6.45, 7) is 4.05. The summed E-state index contributed by atoms with van der Waals surface area (Å²) < 4.78 is 0. The first-order chi connectivity index (χ1) is 8.70. The van der Waals surface area contributed by atoms with Crippen molar-refractivity contribution in [3.63, 3.8) is 0 Å². The van der Waals surface area contributed by atoms with Crippen molar-refractivity contribution in [3.8, 4) is 10.6 Å². The fraction of sp³-hybridized carbons (Fsp3) is 0.286. The van der Waals surface area contributed by atoms with Crippen molar-refractivity contribution in [2.24, 2.45) is 0 Å². The number of nitrogens with one attached hydrogen (secondary N) is 1. The summed E-state index contributed by atoms with van der Waals surface area (Å²) in [5, 5.41) is 4.96. The molecule has 0 aliphatic heterocycles. The Morgan fingerprint density at radius 2 is 2.33 bits per heavy atom. The van der Waals surface area contributed by atoms with Gasteiger partial charge in [-0.05, 0) is 36.9 Å². The van der Waals surface area contributed by atoms with Crippen LogP contribution in [0.25, 0.3) is 10.6 Å². The number of pyridine rings is 1. The van der Waals surface area contributed by atoms with Gasteiger partial charge in [-0.15, -0.1) is 11.3 Å². The lowest BCUT2D eigenvalue weighted by Crippen LogP contribution is -2.31. The van der Waals surface area contributed by atoms with Crippen LogP contribution in [0.2, 0.25) is 0 Å². The van der Waals surface area contributed by atoms with Crippen molar-refractivity contribution in [1.29, 1.82) is 0 Å². The minimum Gasteiger partial charge on any atom is -0.350 e. The van der Waals surface area contributed by atoms with Crippen molar-refractivity contribution in [2.75, 3.05) is 0 Å². The number of nitrogens with zero attached hydrogens (tertiary/aromatic N) is 1. The minimum atomic E-state index is -0.0374. The number of carbonyl (C=O) groups is 1. The second-order valence-electron chi connectivity index (χ2n) is 4.19. The molecule has 2 rings (SSSR count). The molecule has 0 unspecified atom stereocenters. The van der Waals surface area contributed by atoms with E-state index in [2.05, 4.69) is 17.2 Å². The van der Waals surface area contributed by atoms with Crippen LogP contribution in [0.4, 0.5) is 0 Å². The Kier molecular flexibility index (Phi) is 4.10. The molecule has 0 aliphatic carbocycles. The fourth-order valence-electron chi connectivity index (χ4n) is 1.54. The highest BCUT2D eigenvalue weighted by Gasteiger charge is 2.10. The molecule has 1 amide bonds. The van der Waals surface area contributed by atoms with Gasteiger partial charge >= 0.3 is 0 Å². The number of hydrogen-bond donors (Lipinski definition) is 1. The molecule has 0 bridgehead atoms. The van der Waals surface area contributed by atoms with Gasteiger partial charge in [0.05, 0.1) is 10.6 Å². The summed E-state index contributed by atoms with van der Waals surface area (Å²) in [7, 11) is 0. The van der Waals surface area contributed by atoms with Crippen molar-refractivity contribution in [2.45, 2.75) is 26.3 Å². The van der Waals surface area contributed by atoms with E-state index in [0.29, 0.717) is 5.56 Å². The Bertz CT molecular complexity index is 522. The molecule has 0 aromatic carbocycles. The maximum atomic E-state index is 12.0. The van der Waals surface area contributed by atoms with Gasteiger partial charge in [0.15, 0.2) is 0 Å². The van der Waals surface area contributed by atoms with Gasteiger partial charge in [-0.2, -0.15) is 0 Å². The van der Waals surface area contributed by atoms with Gasteiger partial charge in [0, 0.05) is 17.8 Å². The van der Waals surface area contributed by atoms with Crippen LogP contribution in [0.5, 0.6) is 0 Å². The van der Waals surface area contributed by atoms with E-state index in [1.54, 1.807) is 23.6 Å². The van der Waals surface area contributed by atoms with Gasteiger partial charge in [-0.25, -0.2) is 0 Å². The summed E-state index contributed by atoms with van der Waals surface area (Å²) in [6, 6.07) is 7.76. The Balaban J connectivity index is 2.20. The lowest BCUT2D eigenvalue weighted by atomic mass is 10.1. The van der Waals surface area contributed by atoms with Gasteiger partial charge in [-0.3, -0.25) is 9.78 Å². The van der Waals surface area contributed by atoms with E-state index in [0.717, 1.165) is 17.0 Å². The Labute approximate surface area is 111 Å². The molecular formula is C14H16N2OS. The Morgan fingerprint density at radius 3 is 3.00 bits per heavy atom. The van der Waals surface area contributed by atoms with Crippen molar-refractivity contribution < 1.29 is 4.79 Å². The summed E-state index contributed by atoms with van der Waals surface area (Å²) in [5.74, 6) is -0.0374. The molecule has 0 radical (unpaired) electrons. The second-order valence-corrected chi connectivity index (χ2v) is 5.14. The van der Waals surface area contributed by atoms with Crippen LogP contribution >= 0.6 is 11.3 Å². The van der Waals surface area contributed by atoms with Crippen LogP contribution in [0, 0.1) is 0 Å². The molecule has 0 fully saturated rings. The van der Waals surface area contributed by atoms with Gasteiger partial charge in [0.1, 0.15) is 0 Å². The van der Waals surface area contributed by atoms with Gasteiger partial charge in [0.2, 0.25) is 0 Å². The maximum Gasteiger partial charge on any atom is 0.251 e. The molecule has 3 nitrogen and oxygen atoms in total. The van der Waals surface area contributed by atoms with Gasteiger partial charge in [0.25, 0.3) is 5.91 Å².